The maximum Gasteiger partial charge on any atom is 0.270 e. The van der Waals surface area contributed by atoms with Gasteiger partial charge in [-0.15, -0.1) is 0 Å². The van der Waals surface area contributed by atoms with Crippen molar-refractivity contribution in [3.63, 3.8) is 0 Å². The number of carbonyl (C=O) groups excluding carboxylic acids is 1. The lowest BCUT2D eigenvalue weighted by Gasteiger charge is -2.10. The molecule has 1 saturated carbocycles. The minimum atomic E-state index is -0.172. The fourth-order valence-corrected chi connectivity index (χ4v) is 1.36. The highest BCUT2D eigenvalue weighted by Gasteiger charge is 2.25. The highest BCUT2D eigenvalue weighted by atomic mass is 16.5. The van der Waals surface area contributed by atoms with E-state index >= 15 is 0 Å². The zero-order valence-electron chi connectivity index (χ0n) is 8.91. The normalized spacial score (nSPS) is 14.8. The van der Waals surface area contributed by atoms with E-state index in [1.807, 2.05) is 6.92 Å². The predicted molar refractivity (Wildman–Crippen MR) is 56.0 cm³/mol. The van der Waals surface area contributed by atoms with Crippen molar-refractivity contribution < 1.29 is 9.53 Å². The number of nitrogens with one attached hydrogen (secondary N) is 1. The molecule has 0 bridgehead atoms. The molecule has 2 rings (SSSR count). The van der Waals surface area contributed by atoms with E-state index in [-0.39, 0.29) is 5.91 Å². The smallest absolute Gasteiger partial charge is 0.270 e. The zero-order chi connectivity index (χ0) is 10.8. The van der Waals surface area contributed by atoms with Gasteiger partial charge in [-0.1, -0.05) is 0 Å². The number of nitrogens with zero attached hydrogens (tertiary/aromatic N) is 1. The highest BCUT2D eigenvalue weighted by Crippen LogP contribution is 2.29. The summed E-state index contributed by atoms with van der Waals surface area (Å²) in [5, 5.41) is 2.56. The summed E-state index contributed by atoms with van der Waals surface area (Å²) in [5.41, 5.74) is 1.25. The molecule has 1 amide bonds. The van der Waals surface area contributed by atoms with Crippen LogP contribution in [0, 0.1) is 6.92 Å². The molecule has 0 aromatic carbocycles. The first-order chi connectivity index (χ1) is 7.22. The second-order valence-corrected chi connectivity index (χ2v) is 3.68. The SMILES string of the molecule is CNC(=O)c1nccc(OC2CC2)c1C. The maximum absolute atomic E-state index is 11.5. The van der Waals surface area contributed by atoms with E-state index in [1.165, 1.54) is 0 Å². The average molecular weight is 206 g/mol. The summed E-state index contributed by atoms with van der Waals surface area (Å²) in [5.74, 6) is 0.597. The Morgan fingerprint density at radius 2 is 2.33 bits per heavy atom. The van der Waals surface area contributed by atoms with Gasteiger partial charge in [-0.3, -0.25) is 9.78 Å². The van der Waals surface area contributed by atoms with Crippen molar-refractivity contribution in [2.45, 2.75) is 25.9 Å². The first kappa shape index (κ1) is 9.96. The Bertz CT molecular complexity index is 386. The third-order valence-electron chi connectivity index (χ3n) is 2.41. The summed E-state index contributed by atoms with van der Waals surface area (Å²) >= 11 is 0. The second-order valence-electron chi connectivity index (χ2n) is 3.68. The largest absolute Gasteiger partial charge is 0.490 e. The van der Waals surface area contributed by atoms with Crippen LogP contribution < -0.4 is 10.1 Å². The van der Waals surface area contributed by atoms with Crippen molar-refractivity contribution in [3.05, 3.63) is 23.5 Å². The first-order valence-corrected chi connectivity index (χ1v) is 5.06. The van der Waals surface area contributed by atoms with Crippen LogP contribution in [0.5, 0.6) is 5.75 Å². The summed E-state index contributed by atoms with van der Waals surface area (Å²) in [6.45, 7) is 1.86. The molecule has 1 fully saturated rings. The molecule has 1 aromatic heterocycles. The van der Waals surface area contributed by atoms with Crippen LogP contribution in [-0.4, -0.2) is 24.0 Å². The molecule has 1 aromatic rings. The van der Waals surface area contributed by atoms with Crippen LogP contribution in [0.3, 0.4) is 0 Å². The van der Waals surface area contributed by atoms with Crippen LogP contribution in [0.2, 0.25) is 0 Å². The highest BCUT2D eigenvalue weighted by molar-refractivity contribution is 5.93. The van der Waals surface area contributed by atoms with Crippen LogP contribution in [0.25, 0.3) is 0 Å². The molecule has 1 heterocycles. The van der Waals surface area contributed by atoms with Gasteiger partial charge in [0.05, 0.1) is 6.10 Å². The molecule has 0 spiro atoms. The van der Waals surface area contributed by atoms with Gasteiger partial charge < -0.3 is 10.1 Å². The quantitative estimate of drug-likeness (QED) is 0.810. The van der Waals surface area contributed by atoms with Gasteiger partial charge in [-0.2, -0.15) is 0 Å². The summed E-state index contributed by atoms with van der Waals surface area (Å²) < 4.78 is 5.67. The Hall–Kier alpha value is -1.58. The molecule has 0 atom stereocenters. The number of carbonyl (C=O) groups is 1. The van der Waals surface area contributed by atoms with Crippen LogP contribution >= 0.6 is 0 Å². The van der Waals surface area contributed by atoms with Gasteiger partial charge in [0.15, 0.2) is 0 Å². The Balaban J connectivity index is 2.27. The lowest BCUT2D eigenvalue weighted by Crippen LogP contribution is -2.20. The number of pyridine rings is 1. The standard InChI is InChI=1S/C11H14N2O2/c1-7-9(15-8-3-4-8)5-6-13-10(7)11(14)12-2/h5-6,8H,3-4H2,1-2H3,(H,12,14). The fraction of sp³-hybridized carbons (Fsp3) is 0.455. The molecule has 15 heavy (non-hydrogen) atoms. The van der Waals surface area contributed by atoms with Gasteiger partial charge in [-0.25, -0.2) is 0 Å². The fourth-order valence-electron chi connectivity index (χ4n) is 1.36. The van der Waals surface area contributed by atoms with Crippen molar-refractivity contribution in [2.24, 2.45) is 0 Å². The molecular formula is C11H14N2O2. The summed E-state index contributed by atoms with van der Waals surface area (Å²) in [4.78, 5) is 15.5. The minimum Gasteiger partial charge on any atom is -0.490 e. The molecule has 0 aliphatic heterocycles. The van der Waals surface area contributed by atoms with Gasteiger partial charge in [0.1, 0.15) is 11.4 Å². The number of ether oxygens (including phenoxy) is 1. The van der Waals surface area contributed by atoms with Crippen molar-refractivity contribution in [1.29, 1.82) is 0 Å². The second kappa shape index (κ2) is 3.88. The molecule has 1 N–H and O–H groups in total. The van der Waals surface area contributed by atoms with E-state index < -0.39 is 0 Å². The van der Waals surface area contributed by atoms with Crippen molar-refractivity contribution in [3.8, 4) is 5.75 Å². The molecular weight excluding hydrogens is 192 g/mol. The molecule has 0 saturated heterocycles. The topological polar surface area (TPSA) is 51.2 Å². The average Bonchev–Trinajstić information content (AvgIpc) is 3.04. The predicted octanol–water partition coefficient (Wildman–Crippen LogP) is 1.29. The summed E-state index contributed by atoms with van der Waals surface area (Å²) in [7, 11) is 1.60. The van der Waals surface area contributed by atoms with Crippen LogP contribution in [0.15, 0.2) is 12.3 Å². The third-order valence-corrected chi connectivity index (χ3v) is 2.41. The summed E-state index contributed by atoms with van der Waals surface area (Å²) in [6.07, 6.45) is 4.16. The van der Waals surface area contributed by atoms with E-state index in [4.69, 9.17) is 4.74 Å². The monoisotopic (exact) mass is 206 g/mol. The van der Waals surface area contributed by atoms with E-state index in [9.17, 15) is 4.79 Å². The van der Waals surface area contributed by atoms with Gasteiger partial charge >= 0.3 is 0 Å². The first-order valence-electron chi connectivity index (χ1n) is 5.06. The number of amides is 1. The molecule has 0 radical (unpaired) electrons. The number of rotatable bonds is 3. The lowest BCUT2D eigenvalue weighted by molar-refractivity contribution is 0.0957. The van der Waals surface area contributed by atoms with Gasteiger partial charge in [0.2, 0.25) is 0 Å². The molecule has 1 aliphatic rings. The lowest BCUT2D eigenvalue weighted by atomic mass is 10.2. The summed E-state index contributed by atoms with van der Waals surface area (Å²) in [6, 6.07) is 1.81. The van der Waals surface area contributed by atoms with Crippen LogP contribution in [-0.2, 0) is 0 Å². The zero-order valence-corrected chi connectivity index (χ0v) is 8.91. The van der Waals surface area contributed by atoms with E-state index in [2.05, 4.69) is 10.3 Å². The van der Waals surface area contributed by atoms with Gasteiger partial charge in [-0.05, 0) is 25.8 Å². The van der Waals surface area contributed by atoms with E-state index in [1.54, 1.807) is 19.3 Å². The van der Waals surface area contributed by atoms with Crippen LogP contribution in [0.1, 0.15) is 28.9 Å². The van der Waals surface area contributed by atoms with Crippen molar-refractivity contribution in [1.82, 2.24) is 10.3 Å². The molecule has 4 nitrogen and oxygen atoms in total. The molecule has 1 aliphatic carbocycles. The number of hydrogen-bond acceptors (Lipinski definition) is 3. The van der Waals surface area contributed by atoms with Crippen LogP contribution in [0.4, 0.5) is 0 Å². The Kier molecular flexibility index (Phi) is 2.58. The maximum atomic E-state index is 11.5. The number of hydrogen-bond donors (Lipinski definition) is 1. The van der Waals surface area contributed by atoms with Gasteiger partial charge in [0.25, 0.3) is 5.91 Å². The van der Waals surface area contributed by atoms with Crippen molar-refractivity contribution >= 4 is 5.91 Å². The van der Waals surface area contributed by atoms with Gasteiger partial charge in [0, 0.05) is 18.8 Å². The Labute approximate surface area is 88.7 Å². The van der Waals surface area contributed by atoms with Crippen molar-refractivity contribution in [2.75, 3.05) is 7.05 Å². The number of aromatic nitrogens is 1. The molecule has 80 valence electrons. The molecule has 0 unspecified atom stereocenters. The van der Waals surface area contributed by atoms with E-state index in [0.29, 0.717) is 11.8 Å². The third kappa shape index (κ3) is 2.09. The van der Waals surface area contributed by atoms with E-state index in [0.717, 1.165) is 24.2 Å². The Morgan fingerprint density at radius 3 is 2.93 bits per heavy atom. The minimum absolute atomic E-state index is 0.172. The molecule has 4 heteroatoms. The Morgan fingerprint density at radius 1 is 1.60 bits per heavy atom.